The SMILES string of the molecule is CCCCCCCCCCC(Oc1ccc(CCCC)cc1)C(=O)NCCCc1nc2cc(C(C)(C)C)[nH]n2n1. The van der Waals surface area contributed by atoms with E-state index in [-0.39, 0.29) is 11.3 Å². The largest absolute Gasteiger partial charge is 0.481 e. The zero-order valence-electron chi connectivity index (χ0n) is 25.7. The number of rotatable bonds is 19. The molecule has 40 heavy (non-hydrogen) atoms. The number of aryl methyl sites for hydroxylation is 2. The second kappa shape index (κ2) is 16.4. The van der Waals surface area contributed by atoms with E-state index in [1.54, 1.807) is 4.63 Å². The third kappa shape index (κ3) is 10.6. The van der Waals surface area contributed by atoms with Crippen molar-refractivity contribution in [2.75, 3.05) is 6.54 Å². The van der Waals surface area contributed by atoms with Crippen molar-refractivity contribution < 1.29 is 9.53 Å². The van der Waals surface area contributed by atoms with E-state index < -0.39 is 6.10 Å². The first-order valence-corrected chi connectivity index (χ1v) is 15.8. The van der Waals surface area contributed by atoms with E-state index in [4.69, 9.17) is 4.74 Å². The summed E-state index contributed by atoms with van der Waals surface area (Å²) in [5.74, 6) is 1.53. The van der Waals surface area contributed by atoms with Gasteiger partial charge in [0.2, 0.25) is 0 Å². The minimum absolute atomic E-state index is 0.0250. The molecule has 7 heteroatoms. The number of carbonyl (C=O) groups excluding carboxylic acids is 1. The third-order valence-electron chi connectivity index (χ3n) is 7.49. The molecule has 0 saturated carbocycles. The Balaban J connectivity index is 1.47. The monoisotopic (exact) mass is 551 g/mol. The first-order valence-electron chi connectivity index (χ1n) is 15.8. The number of fused-ring (bicyclic) bond motifs is 1. The van der Waals surface area contributed by atoms with Gasteiger partial charge < -0.3 is 10.1 Å². The third-order valence-corrected chi connectivity index (χ3v) is 7.49. The molecule has 3 aromatic rings. The molecule has 1 atom stereocenters. The van der Waals surface area contributed by atoms with Crippen molar-refractivity contribution in [3.8, 4) is 5.75 Å². The molecule has 2 heterocycles. The van der Waals surface area contributed by atoms with Crippen LogP contribution in [0.5, 0.6) is 5.75 Å². The van der Waals surface area contributed by atoms with Gasteiger partial charge in [0.1, 0.15) is 5.75 Å². The average Bonchev–Trinajstić information content (AvgIpc) is 3.51. The maximum Gasteiger partial charge on any atom is 0.261 e. The first-order chi connectivity index (χ1) is 19.3. The van der Waals surface area contributed by atoms with Crippen LogP contribution in [0.15, 0.2) is 30.3 Å². The number of nitrogens with zero attached hydrogens (tertiary/aromatic N) is 3. The van der Waals surface area contributed by atoms with Crippen molar-refractivity contribution in [3.63, 3.8) is 0 Å². The normalized spacial score (nSPS) is 12.6. The number of nitrogens with one attached hydrogen (secondary N) is 2. The zero-order chi connectivity index (χ0) is 28.8. The number of amides is 1. The Kier molecular flexibility index (Phi) is 13.0. The van der Waals surface area contributed by atoms with Gasteiger partial charge >= 0.3 is 0 Å². The lowest BCUT2D eigenvalue weighted by atomic mass is 9.93. The van der Waals surface area contributed by atoms with Crippen LogP contribution in [0.25, 0.3) is 5.65 Å². The number of hydrogen-bond acceptors (Lipinski definition) is 4. The Hall–Kier alpha value is -2.83. The highest BCUT2D eigenvalue weighted by Gasteiger charge is 2.21. The lowest BCUT2D eigenvalue weighted by Crippen LogP contribution is -2.39. The number of aromatic nitrogens is 4. The highest BCUT2D eigenvalue weighted by molar-refractivity contribution is 5.81. The first kappa shape index (κ1) is 31.7. The van der Waals surface area contributed by atoms with Gasteiger partial charge in [-0.15, -0.1) is 5.10 Å². The number of H-pyrrole nitrogens is 1. The molecule has 7 nitrogen and oxygen atoms in total. The van der Waals surface area contributed by atoms with Gasteiger partial charge in [-0.05, 0) is 49.8 Å². The number of unbranched alkanes of at least 4 members (excludes halogenated alkanes) is 8. The Morgan fingerprint density at radius 2 is 1.60 bits per heavy atom. The van der Waals surface area contributed by atoms with Crippen LogP contribution < -0.4 is 10.1 Å². The molecule has 0 saturated heterocycles. The summed E-state index contributed by atoms with van der Waals surface area (Å²) in [5.41, 5.74) is 3.29. The smallest absolute Gasteiger partial charge is 0.261 e. The molecular weight excluding hydrogens is 498 g/mol. The number of aromatic amines is 1. The van der Waals surface area contributed by atoms with E-state index in [1.165, 1.54) is 56.9 Å². The van der Waals surface area contributed by atoms with Gasteiger partial charge in [0, 0.05) is 30.1 Å². The summed E-state index contributed by atoms with van der Waals surface area (Å²) in [7, 11) is 0. The second-order valence-corrected chi connectivity index (χ2v) is 12.2. The average molecular weight is 552 g/mol. The van der Waals surface area contributed by atoms with Crippen LogP contribution in [-0.4, -0.2) is 38.4 Å². The molecule has 0 bridgehead atoms. The van der Waals surface area contributed by atoms with Crippen molar-refractivity contribution >= 4 is 11.6 Å². The minimum Gasteiger partial charge on any atom is -0.481 e. The Labute approximate surface area is 241 Å². The molecular formula is C33H53N5O2. The van der Waals surface area contributed by atoms with Crippen LogP contribution in [0, 0.1) is 0 Å². The second-order valence-electron chi connectivity index (χ2n) is 12.2. The summed E-state index contributed by atoms with van der Waals surface area (Å²) in [4.78, 5) is 17.8. The zero-order valence-corrected chi connectivity index (χ0v) is 25.7. The molecule has 0 radical (unpaired) electrons. The Morgan fingerprint density at radius 1 is 0.925 bits per heavy atom. The van der Waals surface area contributed by atoms with Crippen molar-refractivity contribution in [2.24, 2.45) is 0 Å². The number of carbonyl (C=O) groups is 1. The molecule has 2 N–H and O–H groups in total. The number of hydrogen-bond donors (Lipinski definition) is 2. The van der Waals surface area contributed by atoms with E-state index in [1.807, 2.05) is 12.1 Å². The summed E-state index contributed by atoms with van der Waals surface area (Å²) < 4.78 is 7.98. The predicted molar refractivity (Wildman–Crippen MR) is 164 cm³/mol. The molecule has 1 amide bonds. The maximum absolute atomic E-state index is 13.2. The minimum atomic E-state index is -0.471. The van der Waals surface area contributed by atoms with E-state index >= 15 is 0 Å². The molecule has 1 aromatic carbocycles. The summed E-state index contributed by atoms with van der Waals surface area (Å²) in [6.45, 7) is 11.5. The molecule has 0 aliphatic heterocycles. The summed E-state index contributed by atoms with van der Waals surface area (Å²) in [6.07, 6.45) is 15.1. The van der Waals surface area contributed by atoms with Crippen LogP contribution in [0.4, 0.5) is 0 Å². The summed E-state index contributed by atoms with van der Waals surface area (Å²) in [5, 5.41) is 11.0. The fraction of sp³-hybridized carbons (Fsp3) is 0.667. The molecule has 0 aliphatic rings. The molecule has 2 aromatic heterocycles. The lowest BCUT2D eigenvalue weighted by Gasteiger charge is -2.19. The van der Waals surface area contributed by atoms with Gasteiger partial charge in [-0.3, -0.25) is 9.89 Å². The van der Waals surface area contributed by atoms with Gasteiger partial charge in [0.25, 0.3) is 5.91 Å². The van der Waals surface area contributed by atoms with E-state index in [2.05, 4.69) is 73.3 Å². The van der Waals surface area contributed by atoms with E-state index in [9.17, 15) is 4.79 Å². The quantitative estimate of drug-likeness (QED) is 0.149. The van der Waals surface area contributed by atoms with Gasteiger partial charge in [0.15, 0.2) is 17.6 Å². The van der Waals surface area contributed by atoms with Gasteiger partial charge in [0.05, 0.1) is 0 Å². The van der Waals surface area contributed by atoms with Crippen molar-refractivity contribution in [1.29, 1.82) is 0 Å². The highest BCUT2D eigenvalue weighted by atomic mass is 16.5. The maximum atomic E-state index is 13.2. The Bertz CT molecular complexity index is 1090. The molecule has 222 valence electrons. The molecule has 3 rings (SSSR count). The lowest BCUT2D eigenvalue weighted by molar-refractivity contribution is -0.128. The predicted octanol–water partition coefficient (Wildman–Crippen LogP) is 7.72. The van der Waals surface area contributed by atoms with Crippen LogP contribution in [0.1, 0.15) is 129 Å². The molecule has 1 unspecified atom stereocenters. The van der Waals surface area contributed by atoms with Crippen LogP contribution >= 0.6 is 0 Å². The number of benzene rings is 1. The van der Waals surface area contributed by atoms with E-state index in [0.29, 0.717) is 13.0 Å². The molecule has 0 spiro atoms. The fourth-order valence-electron chi connectivity index (χ4n) is 4.87. The van der Waals surface area contributed by atoms with Crippen LogP contribution in [0.2, 0.25) is 0 Å². The van der Waals surface area contributed by atoms with Crippen molar-refractivity contribution in [1.82, 2.24) is 25.1 Å². The van der Waals surface area contributed by atoms with Gasteiger partial charge in [-0.2, -0.15) is 4.63 Å². The topological polar surface area (TPSA) is 84.3 Å². The molecule has 0 aliphatic carbocycles. The summed E-state index contributed by atoms with van der Waals surface area (Å²) in [6, 6.07) is 10.3. The summed E-state index contributed by atoms with van der Waals surface area (Å²) >= 11 is 0. The van der Waals surface area contributed by atoms with Gasteiger partial charge in [-0.1, -0.05) is 98.1 Å². The molecule has 0 fully saturated rings. The van der Waals surface area contributed by atoms with Crippen LogP contribution in [-0.2, 0) is 23.1 Å². The Morgan fingerprint density at radius 3 is 2.25 bits per heavy atom. The highest BCUT2D eigenvalue weighted by Crippen LogP contribution is 2.22. The van der Waals surface area contributed by atoms with Crippen molar-refractivity contribution in [2.45, 2.75) is 136 Å². The fourth-order valence-corrected chi connectivity index (χ4v) is 4.87. The van der Waals surface area contributed by atoms with E-state index in [0.717, 1.165) is 55.0 Å². The van der Waals surface area contributed by atoms with Crippen LogP contribution in [0.3, 0.4) is 0 Å². The number of ether oxygens (including phenoxy) is 1. The standard InChI is InChI=1S/C33H53N5O2/c1-6-8-10-11-12-13-14-15-18-28(40-27-22-20-26(21-23-27)17-9-7-2)32(39)34-24-16-19-30-35-31-25-29(33(3,4)5)36-38(31)37-30/h20-23,25,28,36H,6-19,24H2,1-5H3,(H,34,39). The van der Waals surface area contributed by atoms with Gasteiger partial charge in [-0.25, -0.2) is 4.98 Å². The van der Waals surface area contributed by atoms with Crippen molar-refractivity contribution in [3.05, 3.63) is 47.4 Å².